The van der Waals surface area contributed by atoms with Crippen molar-refractivity contribution in [2.24, 2.45) is 5.92 Å². The second-order valence-electron chi connectivity index (χ2n) is 4.78. The predicted molar refractivity (Wildman–Crippen MR) is 78.0 cm³/mol. The molecule has 2 rings (SSSR count). The van der Waals surface area contributed by atoms with Crippen molar-refractivity contribution in [2.75, 3.05) is 7.11 Å². The molecule has 3 nitrogen and oxygen atoms in total. The molecule has 2 aromatic carbocycles. The van der Waals surface area contributed by atoms with Gasteiger partial charge in [0, 0.05) is 0 Å². The van der Waals surface area contributed by atoms with Crippen molar-refractivity contribution in [2.45, 2.75) is 12.8 Å². The molecule has 0 amide bonds. The summed E-state index contributed by atoms with van der Waals surface area (Å²) in [6.07, 6.45) is 1.04. The van der Waals surface area contributed by atoms with Crippen LogP contribution in [0.4, 0.5) is 0 Å². The first-order valence-electron chi connectivity index (χ1n) is 6.58. The summed E-state index contributed by atoms with van der Waals surface area (Å²) < 4.78 is 5.17. The van der Waals surface area contributed by atoms with Crippen molar-refractivity contribution >= 4 is 5.97 Å². The van der Waals surface area contributed by atoms with E-state index in [1.807, 2.05) is 54.6 Å². The zero-order valence-corrected chi connectivity index (χ0v) is 11.5. The van der Waals surface area contributed by atoms with Crippen LogP contribution < -0.4 is 4.74 Å². The fraction of sp³-hybridized carbons (Fsp3) is 0.235. The van der Waals surface area contributed by atoms with Gasteiger partial charge in [-0.1, -0.05) is 42.5 Å². The van der Waals surface area contributed by atoms with Crippen molar-refractivity contribution < 1.29 is 14.6 Å². The van der Waals surface area contributed by atoms with E-state index in [2.05, 4.69) is 0 Å². The van der Waals surface area contributed by atoms with E-state index in [4.69, 9.17) is 4.74 Å². The highest BCUT2D eigenvalue weighted by molar-refractivity contribution is 5.71. The largest absolute Gasteiger partial charge is 0.497 e. The molecule has 0 aliphatic rings. The summed E-state index contributed by atoms with van der Waals surface area (Å²) in [7, 11) is 1.61. The summed E-state index contributed by atoms with van der Waals surface area (Å²) in [5.41, 5.74) is 2.02. The van der Waals surface area contributed by atoms with Crippen LogP contribution in [0.2, 0.25) is 0 Å². The number of rotatable bonds is 6. The smallest absolute Gasteiger partial charge is 0.307 e. The molecule has 0 aliphatic carbocycles. The van der Waals surface area contributed by atoms with Gasteiger partial charge in [-0.3, -0.25) is 4.79 Å². The molecule has 1 atom stereocenters. The Morgan fingerprint density at radius 2 is 1.70 bits per heavy atom. The molecule has 20 heavy (non-hydrogen) atoms. The molecule has 3 heteroatoms. The number of carboxylic acids is 1. The number of hydrogen-bond donors (Lipinski definition) is 1. The number of aliphatic carboxylic acids is 1. The van der Waals surface area contributed by atoms with Crippen LogP contribution in [-0.4, -0.2) is 18.2 Å². The molecule has 0 aliphatic heterocycles. The predicted octanol–water partition coefficient (Wildman–Crippen LogP) is 3.18. The molecule has 0 saturated heterocycles. The van der Waals surface area contributed by atoms with E-state index in [0.29, 0.717) is 12.8 Å². The number of methoxy groups -OCH3 is 1. The molecule has 0 saturated carbocycles. The fourth-order valence-electron chi connectivity index (χ4n) is 2.23. The van der Waals surface area contributed by atoms with E-state index < -0.39 is 11.9 Å². The van der Waals surface area contributed by atoms with E-state index in [9.17, 15) is 9.90 Å². The number of ether oxygens (including phenoxy) is 1. The number of carbonyl (C=O) groups is 1. The third kappa shape index (κ3) is 3.85. The second-order valence-corrected chi connectivity index (χ2v) is 4.78. The van der Waals surface area contributed by atoms with Gasteiger partial charge < -0.3 is 9.84 Å². The maximum atomic E-state index is 11.4. The molecule has 2 aromatic rings. The van der Waals surface area contributed by atoms with E-state index in [1.165, 1.54) is 0 Å². The Labute approximate surface area is 118 Å². The minimum atomic E-state index is -0.767. The maximum Gasteiger partial charge on any atom is 0.307 e. The molecule has 0 bridgehead atoms. The van der Waals surface area contributed by atoms with Gasteiger partial charge in [0.2, 0.25) is 0 Å². The quantitative estimate of drug-likeness (QED) is 0.877. The third-order valence-corrected chi connectivity index (χ3v) is 3.29. The Bertz CT molecular complexity index is 563. The lowest BCUT2D eigenvalue weighted by atomic mass is 9.92. The van der Waals surface area contributed by atoms with Crippen molar-refractivity contribution in [3.63, 3.8) is 0 Å². The molecule has 1 N–H and O–H groups in total. The lowest BCUT2D eigenvalue weighted by Crippen LogP contribution is -2.19. The summed E-state index contributed by atoms with van der Waals surface area (Å²) in [5.74, 6) is -0.437. The van der Waals surface area contributed by atoms with Crippen LogP contribution in [-0.2, 0) is 17.6 Å². The fourth-order valence-corrected chi connectivity index (χ4v) is 2.23. The van der Waals surface area contributed by atoms with Crippen LogP contribution in [0.3, 0.4) is 0 Å². The van der Waals surface area contributed by atoms with Crippen LogP contribution in [0, 0.1) is 5.92 Å². The first kappa shape index (κ1) is 14.1. The van der Waals surface area contributed by atoms with Gasteiger partial charge in [-0.05, 0) is 36.1 Å². The Morgan fingerprint density at radius 3 is 2.35 bits per heavy atom. The molecule has 0 aromatic heterocycles. The first-order chi connectivity index (χ1) is 9.69. The number of benzene rings is 2. The van der Waals surface area contributed by atoms with Crippen molar-refractivity contribution in [3.8, 4) is 5.75 Å². The highest BCUT2D eigenvalue weighted by atomic mass is 16.5. The summed E-state index contributed by atoms with van der Waals surface area (Å²) in [5, 5.41) is 9.39. The summed E-state index contributed by atoms with van der Waals surface area (Å²) in [6.45, 7) is 0. The molecule has 0 fully saturated rings. The van der Waals surface area contributed by atoms with E-state index in [0.717, 1.165) is 16.9 Å². The minimum Gasteiger partial charge on any atom is -0.497 e. The van der Waals surface area contributed by atoms with Crippen LogP contribution >= 0.6 is 0 Å². The van der Waals surface area contributed by atoms with Crippen LogP contribution in [0.15, 0.2) is 54.6 Å². The monoisotopic (exact) mass is 270 g/mol. The van der Waals surface area contributed by atoms with Crippen molar-refractivity contribution in [1.82, 2.24) is 0 Å². The molecular weight excluding hydrogens is 252 g/mol. The highest BCUT2D eigenvalue weighted by Gasteiger charge is 2.18. The van der Waals surface area contributed by atoms with E-state index in [-0.39, 0.29) is 0 Å². The second kappa shape index (κ2) is 6.75. The molecule has 0 heterocycles. The number of hydrogen-bond acceptors (Lipinski definition) is 2. The molecule has 0 radical (unpaired) electrons. The number of carboxylic acid groups (broad SMARTS) is 1. The first-order valence-corrected chi connectivity index (χ1v) is 6.58. The van der Waals surface area contributed by atoms with E-state index in [1.54, 1.807) is 7.11 Å². The van der Waals surface area contributed by atoms with Crippen LogP contribution in [0.5, 0.6) is 5.75 Å². The Kier molecular flexibility index (Phi) is 4.77. The van der Waals surface area contributed by atoms with Crippen LogP contribution in [0.25, 0.3) is 0 Å². The Morgan fingerprint density at radius 1 is 1.05 bits per heavy atom. The van der Waals surface area contributed by atoms with Crippen LogP contribution in [0.1, 0.15) is 11.1 Å². The molecule has 104 valence electrons. The summed E-state index contributed by atoms with van der Waals surface area (Å²) >= 11 is 0. The average Bonchev–Trinajstić information content (AvgIpc) is 2.48. The van der Waals surface area contributed by atoms with Gasteiger partial charge in [0.1, 0.15) is 5.75 Å². The highest BCUT2D eigenvalue weighted by Crippen LogP contribution is 2.19. The topological polar surface area (TPSA) is 46.5 Å². The van der Waals surface area contributed by atoms with Crippen molar-refractivity contribution in [1.29, 1.82) is 0 Å². The van der Waals surface area contributed by atoms with Gasteiger partial charge in [-0.15, -0.1) is 0 Å². The molecular formula is C17H18O3. The normalized spacial score (nSPS) is 11.8. The zero-order valence-electron chi connectivity index (χ0n) is 11.5. The molecule has 0 spiro atoms. The van der Waals surface area contributed by atoms with Gasteiger partial charge in [0.05, 0.1) is 13.0 Å². The summed E-state index contributed by atoms with van der Waals surface area (Å²) in [6, 6.07) is 17.3. The van der Waals surface area contributed by atoms with Gasteiger partial charge in [-0.2, -0.15) is 0 Å². The van der Waals surface area contributed by atoms with E-state index >= 15 is 0 Å². The Hall–Kier alpha value is -2.29. The Balaban J connectivity index is 2.11. The molecule has 1 unspecified atom stereocenters. The van der Waals surface area contributed by atoms with Gasteiger partial charge in [0.15, 0.2) is 0 Å². The third-order valence-electron chi connectivity index (χ3n) is 3.29. The van der Waals surface area contributed by atoms with Gasteiger partial charge in [-0.25, -0.2) is 0 Å². The standard InChI is InChI=1S/C17H18O3/c1-20-16-9-5-8-14(12-16)11-15(17(18)19)10-13-6-3-2-4-7-13/h2-9,12,15H,10-11H2,1H3,(H,18,19). The summed E-state index contributed by atoms with van der Waals surface area (Å²) in [4.78, 5) is 11.4. The lowest BCUT2D eigenvalue weighted by molar-refractivity contribution is -0.141. The SMILES string of the molecule is COc1cccc(CC(Cc2ccccc2)C(=O)O)c1. The van der Waals surface area contributed by atoms with Gasteiger partial charge in [0.25, 0.3) is 0 Å². The minimum absolute atomic E-state index is 0.426. The van der Waals surface area contributed by atoms with Crippen molar-refractivity contribution in [3.05, 3.63) is 65.7 Å². The van der Waals surface area contributed by atoms with Gasteiger partial charge >= 0.3 is 5.97 Å². The lowest BCUT2D eigenvalue weighted by Gasteiger charge is -2.13. The maximum absolute atomic E-state index is 11.4. The zero-order chi connectivity index (χ0) is 14.4. The average molecular weight is 270 g/mol.